The molecule has 0 spiro atoms. The van der Waals surface area contributed by atoms with E-state index in [-0.39, 0.29) is 11.7 Å². The molecular weight excluding hydrogens is 406 g/mol. The van der Waals surface area contributed by atoms with E-state index < -0.39 is 6.04 Å². The number of nitrogens with zero attached hydrogens (tertiary/aromatic N) is 2. The minimum absolute atomic E-state index is 0.0541. The first-order chi connectivity index (χ1) is 14.5. The highest BCUT2D eigenvalue weighted by molar-refractivity contribution is 6.31. The van der Waals surface area contributed by atoms with E-state index in [0.717, 1.165) is 11.1 Å². The molecule has 0 saturated heterocycles. The van der Waals surface area contributed by atoms with Crippen LogP contribution in [0.4, 0.5) is 0 Å². The smallest absolute Gasteiger partial charge is 0.273 e. The largest absolute Gasteiger partial charge is 0.507 e. The first-order valence-electron chi connectivity index (χ1n) is 9.47. The highest BCUT2D eigenvalue weighted by Crippen LogP contribution is 2.45. The number of phenolic OH excluding ortho intramolecular Hbond substituents is 1. The first kappa shape index (κ1) is 20.3. The van der Waals surface area contributed by atoms with Gasteiger partial charge in [0.25, 0.3) is 5.91 Å². The van der Waals surface area contributed by atoms with Crippen LogP contribution in [-0.4, -0.2) is 53.5 Å². The number of amides is 1. The lowest BCUT2D eigenvalue weighted by Crippen LogP contribution is -2.32. The van der Waals surface area contributed by atoms with Crippen LogP contribution in [-0.2, 0) is 4.74 Å². The number of nitrogens with one attached hydrogen (secondary N) is 1. The number of phenols is 1. The van der Waals surface area contributed by atoms with Gasteiger partial charge in [-0.2, -0.15) is 5.10 Å². The van der Waals surface area contributed by atoms with Crippen LogP contribution >= 0.6 is 11.6 Å². The van der Waals surface area contributed by atoms with E-state index in [4.69, 9.17) is 21.1 Å². The van der Waals surface area contributed by atoms with Gasteiger partial charge in [-0.25, -0.2) is 0 Å². The minimum Gasteiger partial charge on any atom is -0.507 e. The molecule has 1 atom stereocenters. The molecule has 1 aliphatic rings. The van der Waals surface area contributed by atoms with Gasteiger partial charge in [-0.15, -0.1) is 0 Å². The maximum atomic E-state index is 13.2. The van der Waals surface area contributed by atoms with Crippen molar-refractivity contribution in [2.75, 3.05) is 27.4 Å². The second-order valence-electron chi connectivity index (χ2n) is 7.15. The zero-order chi connectivity index (χ0) is 21.4. The summed E-state index contributed by atoms with van der Waals surface area (Å²) >= 11 is 6.31. The summed E-state index contributed by atoms with van der Waals surface area (Å²) in [6, 6.07) is 10.4. The van der Waals surface area contributed by atoms with Crippen molar-refractivity contribution < 1.29 is 19.4 Å². The number of fused-ring (bicyclic) bond motifs is 1. The van der Waals surface area contributed by atoms with Gasteiger partial charge in [0.2, 0.25) is 0 Å². The van der Waals surface area contributed by atoms with Gasteiger partial charge >= 0.3 is 0 Å². The summed E-state index contributed by atoms with van der Waals surface area (Å²) in [5.41, 5.74) is 3.68. The van der Waals surface area contributed by atoms with Crippen molar-refractivity contribution in [1.29, 1.82) is 0 Å². The fourth-order valence-corrected chi connectivity index (χ4v) is 4.00. The Kier molecular flexibility index (Phi) is 5.40. The molecule has 0 aliphatic carbocycles. The van der Waals surface area contributed by atoms with E-state index in [0.29, 0.717) is 46.4 Å². The number of carbonyl (C=O) groups is 1. The van der Waals surface area contributed by atoms with Crippen LogP contribution < -0.4 is 4.74 Å². The predicted octanol–water partition coefficient (Wildman–Crippen LogP) is 3.94. The van der Waals surface area contributed by atoms with Crippen molar-refractivity contribution in [2.45, 2.75) is 13.0 Å². The van der Waals surface area contributed by atoms with E-state index in [1.165, 1.54) is 0 Å². The summed E-state index contributed by atoms with van der Waals surface area (Å²) in [7, 11) is 3.20. The maximum absolute atomic E-state index is 13.2. The molecule has 0 saturated carbocycles. The number of benzene rings is 2. The molecule has 2 aromatic carbocycles. The first-order valence-corrected chi connectivity index (χ1v) is 9.85. The molecule has 7 nitrogen and oxygen atoms in total. The Morgan fingerprint density at radius 1 is 1.27 bits per heavy atom. The van der Waals surface area contributed by atoms with Gasteiger partial charge in [0, 0.05) is 29.8 Å². The van der Waals surface area contributed by atoms with Crippen LogP contribution in [0.5, 0.6) is 11.5 Å². The summed E-state index contributed by atoms with van der Waals surface area (Å²) in [6.07, 6.45) is 0. The average Bonchev–Trinajstić information content (AvgIpc) is 3.28. The second-order valence-corrected chi connectivity index (χ2v) is 7.56. The van der Waals surface area contributed by atoms with Crippen molar-refractivity contribution in [3.8, 4) is 22.8 Å². The van der Waals surface area contributed by atoms with Crippen molar-refractivity contribution in [3.05, 3.63) is 63.8 Å². The third kappa shape index (κ3) is 3.30. The molecule has 30 heavy (non-hydrogen) atoms. The minimum atomic E-state index is -0.411. The van der Waals surface area contributed by atoms with Gasteiger partial charge in [-0.3, -0.25) is 9.89 Å². The zero-order valence-electron chi connectivity index (χ0n) is 16.9. The lowest BCUT2D eigenvalue weighted by atomic mass is 9.95. The number of aryl methyl sites for hydroxylation is 1. The molecule has 2 N–H and O–H groups in total. The number of hydrogen-bond acceptors (Lipinski definition) is 5. The monoisotopic (exact) mass is 427 g/mol. The third-order valence-electron chi connectivity index (χ3n) is 5.34. The number of halogens is 1. The fraction of sp³-hybridized carbons (Fsp3) is 0.273. The number of H-pyrrole nitrogens is 1. The summed E-state index contributed by atoms with van der Waals surface area (Å²) in [5, 5.41) is 18.3. The summed E-state index contributed by atoms with van der Waals surface area (Å²) in [5.74, 6) is 0.566. The summed E-state index contributed by atoms with van der Waals surface area (Å²) in [4.78, 5) is 14.9. The van der Waals surface area contributed by atoms with Gasteiger partial charge in [-0.05, 0) is 42.3 Å². The van der Waals surface area contributed by atoms with Crippen molar-refractivity contribution in [1.82, 2.24) is 15.1 Å². The highest BCUT2D eigenvalue weighted by Gasteiger charge is 2.42. The number of carbonyl (C=O) groups excluding carboxylic acids is 1. The lowest BCUT2D eigenvalue weighted by Gasteiger charge is -2.26. The number of aromatic nitrogens is 2. The number of ether oxygens (including phenoxy) is 2. The van der Waals surface area contributed by atoms with E-state index in [2.05, 4.69) is 10.2 Å². The van der Waals surface area contributed by atoms with Crippen molar-refractivity contribution >= 4 is 17.5 Å². The Morgan fingerprint density at radius 2 is 2.07 bits per heavy atom. The number of hydrogen-bond donors (Lipinski definition) is 2. The van der Waals surface area contributed by atoms with Gasteiger partial charge in [0.1, 0.15) is 22.9 Å². The van der Waals surface area contributed by atoms with E-state index >= 15 is 0 Å². The van der Waals surface area contributed by atoms with Gasteiger partial charge in [0.15, 0.2) is 0 Å². The molecule has 3 aromatic rings. The molecule has 1 amide bonds. The second kappa shape index (κ2) is 8.01. The maximum Gasteiger partial charge on any atom is 0.273 e. The molecular formula is C22H22ClN3O4. The topological polar surface area (TPSA) is 87.7 Å². The molecule has 0 radical (unpaired) electrons. The Hall–Kier alpha value is -3.03. The van der Waals surface area contributed by atoms with E-state index in [9.17, 15) is 9.90 Å². The standard InChI is InChI=1S/C22H22ClN3O4/c1-12-9-17(27)15(11-16(12)23)19-18-20(25-24-19)22(28)26(7-8-29-2)21(18)13-5-4-6-14(10-13)30-3/h4-6,9-11,21,27H,7-8H2,1-3H3,(H,24,25). The molecule has 0 fully saturated rings. The predicted molar refractivity (Wildman–Crippen MR) is 113 cm³/mol. The number of methoxy groups -OCH3 is 2. The Morgan fingerprint density at radius 3 is 2.80 bits per heavy atom. The van der Waals surface area contributed by atoms with Gasteiger partial charge < -0.3 is 19.5 Å². The quantitative estimate of drug-likeness (QED) is 0.622. The van der Waals surface area contributed by atoms with Crippen LogP contribution in [0, 0.1) is 6.92 Å². The Balaban J connectivity index is 1.90. The van der Waals surface area contributed by atoms with Gasteiger partial charge in [-0.1, -0.05) is 23.7 Å². The normalized spacial score (nSPS) is 15.5. The summed E-state index contributed by atoms with van der Waals surface area (Å²) in [6.45, 7) is 2.61. The SMILES string of the molecule is COCCN1C(=O)c2[nH]nc(-c3cc(Cl)c(C)cc3O)c2C1c1cccc(OC)c1. The van der Waals surface area contributed by atoms with Gasteiger partial charge in [0.05, 0.1) is 19.8 Å². The van der Waals surface area contributed by atoms with Crippen LogP contribution in [0.2, 0.25) is 5.02 Å². The molecule has 1 aromatic heterocycles. The lowest BCUT2D eigenvalue weighted by molar-refractivity contribution is 0.0677. The molecule has 1 aliphatic heterocycles. The van der Waals surface area contributed by atoms with Crippen LogP contribution in [0.3, 0.4) is 0 Å². The zero-order valence-corrected chi connectivity index (χ0v) is 17.7. The number of aromatic hydroxyl groups is 1. The molecule has 0 bridgehead atoms. The summed E-state index contributed by atoms with van der Waals surface area (Å²) < 4.78 is 10.6. The Labute approximate surface area is 179 Å². The number of aromatic amines is 1. The van der Waals surface area contributed by atoms with Crippen LogP contribution in [0.25, 0.3) is 11.3 Å². The third-order valence-corrected chi connectivity index (χ3v) is 5.75. The molecule has 156 valence electrons. The van der Waals surface area contributed by atoms with Crippen LogP contribution in [0.15, 0.2) is 36.4 Å². The van der Waals surface area contributed by atoms with E-state index in [1.807, 2.05) is 31.2 Å². The molecule has 4 rings (SSSR count). The fourth-order valence-electron chi connectivity index (χ4n) is 3.84. The molecule has 1 unspecified atom stereocenters. The Bertz CT molecular complexity index is 1110. The molecule has 8 heteroatoms. The van der Waals surface area contributed by atoms with Crippen molar-refractivity contribution in [3.63, 3.8) is 0 Å². The van der Waals surface area contributed by atoms with Crippen molar-refractivity contribution in [2.24, 2.45) is 0 Å². The highest BCUT2D eigenvalue weighted by atomic mass is 35.5. The molecule has 2 heterocycles. The van der Waals surface area contributed by atoms with E-state index in [1.54, 1.807) is 31.3 Å². The number of rotatable bonds is 6. The average molecular weight is 428 g/mol. The van der Waals surface area contributed by atoms with Crippen LogP contribution in [0.1, 0.15) is 33.2 Å².